The summed E-state index contributed by atoms with van der Waals surface area (Å²) in [6.45, 7) is 6.39. The van der Waals surface area contributed by atoms with Gasteiger partial charge < -0.3 is 8.94 Å². The average molecular weight is 342 g/mol. The van der Waals surface area contributed by atoms with E-state index in [4.69, 9.17) is 8.94 Å². The van der Waals surface area contributed by atoms with Crippen LogP contribution in [0.5, 0.6) is 0 Å². The van der Waals surface area contributed by atoms with Crippen molar-refractivity contribution < 1.29 is 8.94 Å². The molecule has 3 aromatic rings. The highest BCUT2D eigenvalue weighted by atomic mass is 16.5. The highest BCUT2D eigenvalue weighted by Crippen LogP contribution is 2.30. The van der Waals surface area contributed by atoms with E-state index < -0.39 is 0 Å². The molecule has 0 N–H and O–H groups in total. The normalized spacial score (nSPS) is 18.6. The lowest BCUT2D eigenvalue weighted by Gasteiger charge is -2.21. The van der Waals surface area contributed by atoms with E-state index in [1.54, 1.807) is 4.57 Å². The van der Waals surface area contributed by atoms with Gasteiger partial charge in [-0.2, -0.15) is 4.98 Å². The first kappa shape index (κ1) is 16.1. The van der Waals surface area contributed by atoms with Gasteiger partial charge in [0.2, 0.25) is 5.89 Å². The van der Waals surface area contributed by atoms with Crippen molar-refractivity contribution in [2.75, 3.05) is 13.1 Å². The van der Waals surface area contributed by atoms with Gasteiger partial charge in [0.25, 0.3) is 0 Å². The highest BCUT2D eigenvalue weighted by molar-refractivity contribution is 5.72. The Bertz CT molecular complexity index is 924. The number of fused-ring (bicyclic) bond motifs is 1. The summed E-state index contributed by atoms with van der Waals surface area (Å²) in [6, 6.07) is 7.67. The van der Waals surface area contributed by atoms with Crippen molar-refractivity contribution in [1.29, 1.82) is 0 Å². The minimum absolute atomic E-state index is 0.158. The number of nitrogens with zero attached hydrogens (tertiary/aromatic N) is 4. The van der Waals surface area contributed by atoms with Crippen molar-refractivity contribution in [1.82, 2.24) is 19.6 Å². The molecule has 1 fully saturated rings. The lowest BCUT2D eigenvalue weighted by atomic mass is 10.2. The fourth-order valence-corrected chi connectivity index (χ4v) is 3.46. The maximum absolute atomic E-state index is 12.1. The SMILES string of the molecule is CC(C)c1nc(C2CCCN2CCn2c(=O)oc3ccccc32)no1. The van der Waals surface area contributed by atoms with E-state index in [-0.39, 0.29) is 17.7 Å². The summed E-state index contributed by atoms with van der Waals surface area (Å²) in [6.07, 6.45) is 2.11. The largest absolute Gasteiger partial charge is 0.419 e. The predicted molar refractivity (Wildman–Crippen MR) is 92.4 cm³/mol. The predicted octanol–water partition coefficient (Wildman–Crippen LogP) is 2.94. The summed E-state index contributed by atoms with van der Waals surface area (Å²) in [5.74, 6) is 1.36. The van der Waals surface area contributed by atoms with Gasteiger partial charge in [0.05, 0.1) is 11.6 Å². The van der Waals surface area contributed by atoms with Gasteiger partial charge in [0.1, 0.15) is 0 Å². The van der Waals surface area contributed by atoms with Crippen molar-refractivity contribution in [3.8, 4) is 0 Å². The van der Waals surface area contributed by atoms with Gasteiger partial charge in [0, 0.05) is 19.0 Å². The molecule has 2 aromatic heterocycles. The Kier molecular flexibility index (Phi) is 4.17. The Morgan fingerprint density at radius 1 is 1.28 bits per heavy atom. The first-order valence-electron chi connectivity index (χ1n) is 8.79. The van der Waals surface area contributed by atoms with Crippen LogP contribution in [-0.4, -0.2) is 32.7 Å². The van der Waals surface area contributed by atoms with Crippen LogP contribution >= 0.6 is 0 Å². The molecule has 7 nitrogen and oxygen atoms in total. The number of likely N-dealkylation sites (tertiary alicyclic amines) is 1. The molecule has 3 heterocycles. The molecule has 0 aliphatic carbocycles. The molecule has 1 saturated heterocycles. The van der Waals surface area contributed by atoms with Crippen molar-refractivity contribution in [3.63, 3.8) is 0 Å². The van der Waals surface area contributed by atoms with Crippen molar-refractivity contribution in [2.24, 2.45) is 0 Å². The summed E-state index contributed by atoms with van der Waals surface area (Å²) < 4.78 is 12.4. The number of aromatic nitrogens is 3. The molecule has 1 aromatic carbocycles. The Hall–Kier alpha value is -2.41. The molecule has 7 heteroatoms. The van der Waals surface area contributed by atoms with Crippen LogP contribution in [0, 0.1) is 0 Å². The molecular weight excluding hydrogens is 320 g/mol. The smallest absolute Gasteiger partial charge is 0.408 e. The maximum atomic E-state index is 12.1. The minimum atomic E-state index is -0.307. The summed E-state index contributed by atoms with van der Waals surface area (Å²) in [4.78, 5) is 19.0. The van der Waals surface area contributed by atoms with E-state index in [0.717, 1.165) is 37.3 Å². The molecular formula is C18H22N4O3. The first-order chi connectivity index (χ1) is 12.1. The van der Waals surface area contributed by atoms with Crippen LogP contribution in [0.3, 0.4) is 0 Å². The number of rotatable bonds is 5. The second-order valence-corrected chi connectivity index (χ2v) is 6.83. The molecule has 1 aliphatic rings. The zero-order valence-electron chi connectivity index (χ0n) is 14.5. The van der Waals surface area contributed by atoms with Gasteiger partial charge in [-0.1, -0.05) is 31.1 Å². The topological polar surface area (TPSA) is 77.3 Å². The minimum Gasteiger partial charge on any atom is -0.408 e. The lowest BCUT2D eigenvalue weighted by Crippen LogP contribution is -2.30. The third-order valence-electron chi connectivity index (χ3n) is 4.80. The lowest BCUT2D eigenvalue weighted by molar-refractivity contribution is 0.231. The van der Waals surface area contributed by atoms with Gasteiger partial charge in [-0.3, -0.25) is 9.47 Å². The van der Waals surface area contributed by atoms with Crippen LogP contribution in [0.2, 0.25) is 0 Å². The molecule has 1 aliphatic heterocycles. The molecule has 132 valence electrons. The molecule has 0 saturated carbocycles. The third-order valence-corrected chi connectivity index (χ3v) is 4.80. The van der Waals surface area contributed by atoms with E-state index >= 15 is 0 Å². The molecule has 0 radical (unpaired) electrons. The average Bonchev–Trinajstić information content (AvgIpc) is 3.30. The summed E-state index contributed by atoms with van der Waals surface area (Å²) >= 11 is 0. The Balaban J connectivity index is 1.51. The highest BCUT2D eigenvalue weighted by Gasteiger charge is 2.30. The maximum Gasteiger partial charge on any atom is 0.419 e. The number of oxazole rings is 1. The third kappa shape index (κ3) is 3.00. The zero-order valence-corrected chi connectivity index (χ0v) is 14.5. The number of benzene rings is 1. The van der Waals surface area contributed by atoms with Crippen molar-refractivity contribution >= 4 is 11.1 Å². The van der Waals surface area contributed by atoms with Crippen LogP contribution in [0.25, 0.3) is 11.1 Å². The van der Waals surface area contributed by atoms with Crippen LogP contribution in [0.4, 0.5) is 0 Å². The Labute approximate surface area is 145 Å². The summed E-state index contributed by atoms with van der Waals surface area (Å²) in [5.41, 5.74) is 1.47. The fourth-order valence-electron chi connectivity index (χ4n) is 3.46. The number of hydrogen-bond acceptors (Lipinski definition) is 6. The summed E-state index contributed by atoms with van der Waals surface area (Å²) in [5, 5.41) is 4.17. The fraction of sp³-hybridized carbons (Fsp3) is 0.500. The molecule has 0 spiro atoms. The van der Waals surface area contributed by atoms with Crippen molar-refractivity contribution in [2.45, 2.75) is 45.2 Å². The Morgan fingerprint density at radius 3 is 2.92 bits per heavy atom. The quantitative estimate of drug-likeness (QED) is 0.709. The van der Waals surface area contributed by atoms with E-state index in [1.165, 1.54) is 0 Å². The molecule has 25 heavy (non-hydrogen) atoms. The van der Waals surface area contributed by atoms with Crippen LogP contribution in [0.15, 0.2) is 38.0 Å². The standard InChI is InChI=1S/C18H22N4O3/c1-12(2)17-19-16(20-25-17)14-7-5-9-21(14)10-11-22-13-6-3-4-8-15(13)24-18(22)23/h3-4,6,8,12,14H,5,7,9-11H2,1-2H3. The van der Waals surface area contributed by atoms with Crippen LogP contribution < -0.4 is 5.76 Å². The van der Waals surface area contributed by atoms with Gasteiger partial charge >= 0.3 is 5.76 Å². The molecule has 4 rings (SSSR count). The van der Waals surface area contributed by atoms with Gasteiger partial charge in [0.15, 0.2) is 11.4 Å². The number of para-hydroxylation sites is 2. The Morgan fingerprint density at radius 2 is 2.12 bits per heavy atom. The monoisotopic (exact) mass is 342 g/mol. The summed E-state index contributed by atoms with van der Waals surface area (Å²) in [7, 11) is 0. The molecule has 0 amide bonds. The zero-order chi connectivity index (χ0) is 17.4. The van der Waals surface area contributed by atoms with Gasteiger partial charge in [-0.05, 0) is 31.5 Å². The van der Waals surface area contributed by atoms with Crippen LogP contribution in [-0.2, 0) is 6.54 Å². The molecule has 0 bridgehead atoms. The van der Waals surface area contributed by atoms with E-state index in [9.17, 15) is 4.79 Å². The number of hydrogen-bond donors (Lipinski definition) is 0. The van der Waals surface area contributed by atoms with Gasteiger partial charge in [-0.25, -0.2) is 4.79 Å². The van der Waals surface area contributed by atoms with Gasteiger partial charge in [-0.15, -0.1) is 0 Å². The van der Waals surface area contributed by atoms with E-state index in [2.05, 4.69) is 15.0 Å². The van der Waals surface area contributed by atoms with Crippen molar-refractivity contribution in [3.05, 3.63) is 46.5 Å². The molecule has 1 unspecified atom stereocenters. The van der Waals surface area contributed by atoms with Crippen LogP contribution in [0.1, 0.15) is 50.4 Å². The second-order valence-electron chi connectivity index (χ2n) is 6.83. The first-order valence-corrected chi connectivity index (χ1v) is 8.79. The molecule has 1 atom stereocenters. The van der Waals surface area contributed by atoms with E-state index in [1.807, 2.05) is 38.1 Å². The van der Waals surface area contributed by atoms with E-state index in [0.29, 0.717) is 18.0 Å². The second kappa shape index (κ2) is 6.48.